The van der Waals surface area contributed by atoms with E-state index in [9.17, 15) is 0 Å². The lowest BCUT2D eigenvalue weighted by Gasteiger charge is -2.12. The van der Waals surface area contributed by atoms with Gasteiger partial charge in [-0.05, 0) is 37.8 Å². The van der Waals surface area contributed by atoms with E-state index in [1.807, 2.05) is 31.2 Å². The first kappa shape index (κ1) is 12.8. The summed E-state index contributed by atoms with van der Waals surface area (Å²) in [5.41, 5.74) is 6.99. The second-order valence-corrected chi connectivity index (χ2v) is 4.07. The average Bonchev–Trinajstić information content (AvgIpc) is 2.26. The van der Waals surface area contributed by atoms with Gasteiger partial charge in [0.15, 0.2) is 0 Å². The minimum atomic E-state index is 0.165. The van der Waals surface area contributed by atoms with Gasteiger partial charge in [-0.15, -0.1) is 6.58 Å². The van der Waals surface area contributed by atoms with Crippen molar-refractivity contribution >= 4 is 0 Å². The van der Waals surface area contributed by atoms with Gasteiger partial charge in [-0.25, -0.2) is 0 Å². The highest BCUT2D eigenvalue weighted by Gasteiger charge is 2.04. The Balaban J connectivity index is 2.53. The van der Waals surface area contributed by atoms with Crippen LogP contribution in [0.15, 0.2) is 36.9 Å². The van der Waals surface area contributed by atoms with Crippen LogP contribution in [-0.4, -0.2) is 12.6 Å². The fraction of sp³-hybridized carbons (Fsp3) is 0.429. The van der Waals surface area contributed by atoms with Crippen molar-refractivity contribution in [2.75, 3.05) is 6.61 Å². The molecule has 16 heavy (non-hydrogen) atoms. The molecule has 0 amide bonds. The monoisotopic (exact) mass is 219 g/mol. The molecule has 0 aliphatic heterocycles. The van der Waals surface area contributed by atoms with Crippen LogP contribution in [0.25, 0.3) is 0 Å². The number of unbranched alkanes of at least 4 members (excludes halogenated alkanes) is 1. The van der Waals surface area contributed by atoms with Crippen LogP contribution >= 0.6 is 0 Å². The van der Waals surface area contributed by atoms with Crippen molar-refractivity contribution < 1.29 is 4.74 Å². The number of hydrogen-bond acceptors (Lipinski definition) is 2. The molecule has 1 atom stereocenters. The van der Waals surface area contributed by atoms with Gasteiger partial charge in [0.25, 0.3) is 0 Å². The molecular formula is C14H21NO. The second kappa shape index (κ2) is 7.07. The lowest BCUT2D eigenvalue weighted by molar-refractivity contribution is 0.308. The number of allylic oxidation sites excluding steroid dienone is 1. The number of ether oxygens (including phenoxy) is 1. The standard InChI is InChI=1S/C14H21NO/c1-3-4-7-10-16-14-9-6-5-8-13(14)11-12(2)15/h3,5-6,8-9,12H,1,4,7,10-11,15H2,2H3. The molecule has 2 nitrogen and oxygen atoms in total. The highest BCUT2D eigenvalue weighted by molar-refractivity contribution is 5.33. The zero-order valence-corrected chi connectivity index (χ0v) is 9.99. The van der Waals surface area contributed by atoms with Crippen molar-refractivity contribution in [3.8, 4) is 5.75 Å². The molecule has 1 aromatic rings. The molecule has 0 fully saturated rings. The number of nitrogens with two attached hydrogens (primary N) is 1. The third kappa shape index (κ3) is 4.49. The molecule has 0 saturated carbocycles. The second-order valence-electron chi connectivity index (χ2n) is 4.07. The summed E-state index contributed by atoms with van der Waals surface area (Å²) in [6.45, 7) is 6.44. The van der Waals surface area contributed by atoms with Gasteiger partial charge in [-0.2, -0.15) is 0 Å². The molecule has 1 aromatic carbocycles. The van der Waals surface area contributed by atoms with E-state index in [2.05, 4.69) is 12.6 Å². The number of benzene rings is 1. The third-order valence-electron chi connectivity index (χ3n) is 2.32. The lowest BCUT2D eigenvalue weighted by atomic mass is 10.1. The molecule has 0 heterocycles. The third-order valence-corrected chi connectivity index (χ3v) is 2.32. The van der Waals surface area contributed by atoms with Crippen molar-refractivity contribution in [3.05, 3.63) is 42.5 Å². The van der Waals surface area contributed by atoms with E-state index in [0.29, 0.717) is 0 Å². The van der Waals surface area contributed by atoms with E-state index < -0.39 is 0 Å². The van der Waals surface area contributed by atoms with Crippen molar-refractivity contribution in [3.63, 3.8) is 0 Å². The van der Waals surface area contributed by atoms with Gasteiger partial charge in [-0.3, -0.25) is 0 Å². The van der Waals surface area contributed by atoms with Crippen LogP contribution in [0.4, 0.5) is 0 Å². The smallest absolute Gasteiger partial charge is 0.122 e. The Morgan fingerprint density at radius 1 is 1.44 bits per heavy atom. The van der Waals surface area contributed by atoms with Crippen LogP contribution < -0.4 is 10.5 Å². The molecule has 0 spiro atoms. The maximum atomic E-state index is 5.80. The minimum Gasteiger partial charge on any atom is -0.493 e. The van der Waals surface area contributed by atoms with Gasteiger partial charge in [0, 0.05) is 6.04 Å². The molecule has 2 heteroatoms. The average molecular weight is 219 g/mol. The number of hydrogen-bond donors (Lipinski definition) is 1. The van der Waals surface area contributed by atoms with E-state index in [4.69, 9.17) is 10.5 Å². The SMILES string of the molecule is C=CCCCOc1ccccc1CC(C)N. The Kier molecular flexibility index (Phi) is 5.65. The zero-order chi connectivity index (χ0) is 11.8. The van der Waals surface area contributed by atoms with E-state index in [1.165, 1.54) is 5.56 Å². The minimum absolute atomic E-state index is 0.165. The summed E-state index contributed by atoms with van der Waals surface area (Å²) in [7, 11) is 0. The summed E-state index contributed by atoms with van der Waals surface area (Å²) in [5, 5.41) is 0. The van der Waals surface area contributed by atoms with Crippen LogP contribution in [0.2, 0.25) is 0 Å². The Hall–Kier alpha value is -1.28. The van der Waals surface area contributed by atoms with Gasteiger partial charge in [0.1, 0.15) is 5.75 Å². The largest absolute Gasteiger partial charge is 0.493 e. The predicted octanol–water partition coefficient (Wildman–Crippen LogP) is 2.92. The Morgan fingerprint density at radius 2 is 2.19 bits per heavy atom. The predicted molar refractivity (Wildman–Crippen MR) is 68.7 cm³/mol. The number of rotatable bonds is 7. The Bertz CT molecular complexity index is 320. The fourth-order valence-corrected chi connectivity index (χ4v) is 1.57. The first-order chi connectivity index (χ1) is 7.74. The highest BCUT2D eigenvalue weighted by atomic mass is 16.5. The van der Waals surface area contributed by atoms with Gasteiger partial charge >= 0.3 is 0 Å². The van der Waals surface area contributed by atoms with Crippen LogP contribution in [-0.2, 0) is 6.42 Å². The van der Waals surface area contributed by atoms with E-state index in [1.54, 1.807) is 0 Å². The molecule has 0 aliphatic carbocycles. The lowest BCUT2D eigenvalue weighted by Crippen LogP contribution is -2.18. The first-order valence-corrected chi connectivity index (χ1v) is 5.81. The van der Waals surface area contributed by atoms with Gasteiger partial charge < -0.3 is 10.5 Å². The van der Waals surface area contributed by atoms with E-state index >= 15 is 0 Å². The Morgan fingerprint density at radius 3 is 2.88 bits per heavy atom. The van der Waals surface area contributed by atoms with Crippen LogP contribution in [0.3, 0.4) is 0 Å². The summed E-state index contributed by atoms with van der Waals surface area (Å²) >= 11 is 0. The highest BCUT2D eigenvalue weighted by Crippen LogP contribution is 2.19. The Labute approximate surface area is 98.1 Å². The fourth-order valence-electron chi connectivity index (χ4n) is 1.57. The van der Waals surface area contributed by atoms with E-state index in [-0.39, 0.29) is 6.04 Å². The molecule has 0 aromatic heterocycles. The molecule has 0 bridgehead atoms. The van der Waals surface area contributed by atoms with Crippen LogP contribution in [0.1, 0.15) is 25.3 Å². The van der Waals surface area contributed by atoms with Gasteiger partial charge in [-0.1, -0.05) is 24.3 Å². The maximum absolute atomic E-state index is 5.80. The first-order valence-electron chi connectivity index (χ1n) is 5.81. The van der Waals surface area contributed by atoms with Gasteiger partial charge in [0.05, 0.1) is 6.61 Å². The van der Waals surface area contributed by atoms with Crippen LogP contribution in [0, 0.1) is 0 Å². The molecule has 1 unspecified atom stereocenters. The topological polar surface area (TPSA) is 35.2 Å². The normalized spacial score (nSPS) is 12.1. The summed E-state index contributed by atoms with van der Waals surface area (Å²) < 4.78 is 5.74. The molecule has 0 radical (unpaired) electrons. The summed E-state index contributed by atoms with van der Waals surface area (Å²) in [4.78, 5) is 0. The quantitative estimate of drug-likeness (QED) is 0.565. The van der Waals surface area contributed by atoms with Crippen molar-refractivity contribution in [2.45, 2.75) is 32.2 Å². The van der Waals surface area contributed by atoms with Crippen molar-refractivity contribution in [1.29, 1.82) is 0 Å². The molecule has 0 aliphatic rings. The summed E-state index contributed by atoms with van der Waals surface area (Å²) in [5.74, 6) is 0.962. The van der Waals surface area contributed by atoms with E-state index in [0.717, 1.165) is 31.6 Å². The van der Waals surface area contributed by atoms with Gasteiger partial charge in [0.2, 0.25) is 0 Å². The molecule has 2 N–H and O–H groups in total. The van der Waals surface area contributed by atoms with Crippen molar-refractivity contribution in [1.82, 2.24) is 0 Å². The molecule has 88 valence electrons. The molecule has 1 rings (SSSR count). The molecular weight excluding hydrogens is 198 g/mol. The van der Waals surface area contributed by atoms with Crippen molar-refractivity contribution in [2.24, 2.45) is 5.73 Å². The maximum Gasteiger partial charge on any atom is 0.122 e. The number of para-hydroxylation sites is 1. The molecule has 0 saturated heterocycles. The summed E-state index contributed by atoms with van der Waals surface area (Å²) in [6.07, 6.45) is 4.78. The summed E-state index contributed by atoms with van der Waals surface area (Å²) in [6, 6.07) is 8.26. The van der Waals surface area contributed by atoms with Crippen LogP contribution in [0.5, 0.6) is 5.75 Å². The zero-order valence-electron chi connectivity index (χ0n) is 9.99.